The summed E-state index contributed by atoms with van der Waals surface area (Å²) >= 11 is 0. The molecule has 120 valence electrons. The number of hydrogen-bond acceptors (Lipinski definition) is 4. The van der Waals surface area contributed by atoms with Crippen LogP contribution in [0.2, 0.25) is 0 Å². The summed E-state index contributed by atoms with van der Waals surface area (Å²) in [5.74, 6) is 0.238. The Hall–Kier alpha value is -2.40. The van der Waals surface area contributed by atoms with E-state index in [9.17, 15) is 5.11 Å². The molecule has 0 unspecified atom stereocenters. The van der Waals surface area contributed by atoms with E-state index in [1.54, 1.807) is 22.8 Å². The van der Waals surface area contributed by atoms with Crippen LogP contribution >= 0.6 is 0 Å². The first kappa shape index (κ1) is 15.5. The van der Waals surface area contributed by atoms with Gasteiger partial charge in [-0.3, -0.25) is 0 Å². The molecule has 3 aromatic rings. The van der Waals surface area contributed by atoms with Gasteiger partial charge < -0.3 is 10.2 Å². The molecule has 3 rings (SSSR count). The van der Waals surface area contributed by atoms with Crippen molar-refractivity contribution in [1.29, 1.82) is 0 Å². The van der Waals surface area contributed by atoms with Gasteiger partial charge in [-0.15, -0.1) is 0 Å². The largest absolute Gasteiger partial charge is 0.508 e. The minimum atomic E-state index is 0.238. The number of aromatic hydroxyl groups is 1. The Bertz CT molecular complexity index is 783. The second-order valence-corrected chi connectivity index (χ2v) is 5.68. The lowest BCUT2D eigenvalue weighted by Crippen LogP contribution is -1.96. The summed E-state index contributed by atoms with van der Waals surface area (Å²) in [5, 5.41) is 22.8. The van der Waals surface area contributed by atoms with Gasteiger partial charge in [0.2, 0.25) is 0 Å². The zero-order chi connectivity index (χ0) is 16.1. The van der Waals surface area contributed by atoms with Crippen LogP contribution in [0, 0.1) is 0 Å². The maximum Gasteiger partial charge on any atom is 0.163 e. The van der Waals surface area contributed by atoms with Crippen molar-refractivity contribution in [2.24, 2.45) is 0 Å². The summed E-state index contributed by atoms with van der Waals surface area (Å²) in [6.45, 7) is 0.271. The lowest BCUT2D eigenvalue weighted by molar-refractivity contribution is 0.282. The number of nitrogens with zero attached hydrogens (tertiary/aromatic N) is 3. The topological polar surface area (TPSA) is 70.7 Å². The smallest absolute Gasteiger partial charge is 0.163 e. The maximum absolute atomic E-state index is 9.66. The lowest BCUT2D eigenvalue weighted by atomic mass is 10.1. The average molecular weight is 311 g/mol. The number of aliphatic hydroxyl groups excluding tert-OH is 1. The molecule has 23 heavy (non-hydrogen) atoms. The molecule has 0 fully saturated rings. The minimum Gasteiger partial charge on any atom is -0.508 e. The van der Waals surface area contributed by atoms with E-state index in [4.69, 9.17) is 10.1 Å². The van der Waals surface area contributed by atoms with Gasteiger partial charge >= 0.3 is 0 Å². The number of aromatic nitrogens is 3. The average Bonchev–Trinajstić information content (AvgIpc) is 2.98. The summed E-state index contributed by atoms with van der Waals surface area (Å²) in [5.41, 5.74) is 3.68. The quantitative estimate of drug-likeness (QED) is 0.657. The van der Waals surface area contributed by atoms with Crippen molar-refractivity contribution in [2.45, 2.75) is 32.1 Å². The van der Waals surface area contributed by atoms with E-state index in [1.807, 2.05) is 24.4 Å². The van der Waals surface area contributed by atoms with E-state index < -0.39 is 0 Å². The van der Waals surface area contributed by atoms with Gasteiger partial charge in [0.1, 0.15) is 5.75 Å². The van der Waals surface area contributed by atoms with Crippen LogP contribution in [0.25, 0.3) is 16.8 Å². The Morgan fingerprint density at radius 2 is 1.91 bits per heavy atom. The first-order valence-electron chi connectivity index (χ1n) is 8.01. The van der Waals surface area contributed by atoms with Crippen LogP contribution in [0.1, 0.15) is 31.4 Å². The van der Waals surface area contributed by atoms with Gasteiger partial charge in [0.25, 0.3) is 0 Å². The van der Waals surface area contributed by atoms with Crippen LogP contribution in [0.15, 0.2) is 42.7 Å². The zero-order valence-electron chi connectivity index (χ0n) is 13.0. The van der Waals surface area contributed by atoms with Gasteiger partial charge in [-0.1, -0.05) is 25.0 Å². The first-order chi connectivity index (χ1) is 11.3. The molecule has 5 heteroatoms. The van der Waals surface area contributed by atoms with Crippen molar-refractivity contribution in [1.82, 2.24) is 14.6 Å². The normalized spacial score (nSPS) is 11.2. The van der Waals surface area contributed by atoms with Crippen molar-refractivity contribution >= 4 is 5.65 Å². The fraction of sp³-hybridized carbons (Fsp3) is 0.333. The molecule has 0 saturated heterocycles. The fourth-order valence-corrected chi connectivity index (χ4v) is 2.69. The molecule has 1 aromatic carbocycles. The Labute approximate surface area is 135 Å². The predicted molar refractivity (Wildman–Crippen MR) is 89.3 cm³/mol. The second-order valence-electron chi connectivity index (χ2n) is 5.68. The second kappa shape index (κ2) is 7.24. The van der Waals surface area contributed by atoms with E-state index in [1.165, 1.54) is 0 Å². The van der Waals surface area contributed by atoms with E-state index >= 15 is 0 Å². The van der Waals surface area contributed by atoms with Gasteiger partial charge in [-0.05, 0) is 43.0 Å². The van der Waals surface area contributed by atoms with E-state index in [-0.39, 0.29) is 12.4 Å². The number of fused-ring (bicyclic) bond motifs is 1. The Morgan fingerprint density at radius 1 is 1.04 bits per heavy atom. The van der Waals surface area contributed by atoms with E-state index in [0.717, 1.165) is 54.6 Å². The standard InChI is InChI=1S/C18H21N3O2/c22-11-4-2-1-3-7-15-9-10-21-18(20-15)17(13-19-21)14-6-5-8-16(23)12-14/h5-6,8-10,12-13,22-23H,1-4,7,11H2. The number of aryl methyl sites for hydroxylation is 1. The molecule has 0 saturated carbocycles. The molecule has 0 spiro atoms. The monoisotopic (exact) mass is 311 g/mol. The molecule has 0 atom stereocenters. The molecule has 5 nitrogen and oxygen atoms in total. The molecule has 0 aliphatic heterocycles. The Kier molecular flexibility index (Phi) is 4.88. The minimum absolute atomic E-state index is 0.238. The van der Waals surface area contributed by atoms with Crippen molar-refractivity contribution in [2.75, 3.05) is 6.61 Å². The van der Waals surface area contributed by atoms with Gasteiger partial charge in [-0.25, -0.2) is 9.50 Å². The molecule has 2 aromatic heterocycles. The molecule has 2 N–H and O–H groups in total. The van der Waals surface area contributed by atoms with Gasteiger partial charge in [0.05, 0.1) is 6.20 Å². The molecular weight excluding hydrogens is 290 g/mol. The van der Waals surface area contributed by atoms with E-state index in [0.29, 0.717) is 0 Å². The Morgan fingerprint density at radius 3 is 2.74 bits per heavy atom. The number of phenolic OH excluding ortho intramolecular Hbond substituents is 1. The van der Waals surface area contributed by atoms with Crippen molar-refractivity contribution in [3.05, 3.63) is 48.4 Å². The van der Waals surface area contributed by atoms with E-state index in [2.05, 4.69) is 5.10 Å². The highest BCUT2D eigenvalue weighted by Gasteiger charge is 2.09. The third kappa shape index (κ3) is 3.68. The Balaban J connectivity index is 1.80. The molecule has 0 aliphatic rings. The third-order valence-corrected chi connectivity index (χ3v) is 3.92. The van der Waals surface area contributed by atoms with Gasteiger partial charge in [0.15, 0.2) is 5.65 Å². The molecule has 0 bridgehead atoms. The van der Waals surface area contributed by atoms with Crippen LogP contribution in [0.3, 0.4) is 0 Å². The SMILES string of the molecule is OCCCCCCc1ccn2ncc(-c3cccc(O)c3)c2n1. The first-order valence-corrected chi connectivity index (χ1v) is 8.01. The van der Waals surface area contributed by atoms with Crippen molar-refractivity contribution < 1.29 is 10.2 Å². The molecule has 0 radical (unpaired) electrons. The molecule has 0 amide bonds. The summed E-state index contributed by atoms with van der Waals surface area (Å²) in [6, 6.07) is 9.14. The number of rotatable bonds is 7. The van der Waals surface area contributed by atoms with Crippen LogP contribution < -0.4 is 0 Å². The number of aliphatic hydroxyl groups is 1. The predicted octanol–water partition coefficient (Wildman–Crippen LogP) is 3.20. The van der Waals surface area contributed by atoms with Crippen LogP contribution in [-0.2, 0) is 6.42 Å². The summed E-state index contributed by atoms with van der Waals surface area (Å²) in [6.07, 6.45) is 8.73. The highest BCUT2D eigenvalue weighted by atomic mass is 16.3. The molecule has 2 heterocycles. The number of phenols is 1. The van der Waals surface area contributed by atoms with Gasteiger partial charge in [-0.2, -0.15) is 5.10 Å². The molecule has 0 aliphatic carbocycles. The highest BCUT2D eigenvalue weighted by molar-refractivity contribution is 5.77. The number of unbranched alkanes of at least 4 members (excludes halogenated alkanes) is 3. The van der Waals surface area contributed by atoms with Gasteiger partial charge in [0, 0.05) is 24.1 Å². The summed E-state index contributed by atoms with van der Waals surface area (Å²) in [7, 11) is 0. The van der Waals surface area contributed by atoms with Crippen LogP contribution in [0.4, 0.5) is 0 Å². The molecular formula is C18H21N3O2. The number of hydrogen-bond donors (Lipinski definition) is 2. The van der Waals surface area contributed by atoms with Crippen LogP contribution in [0.5, 0.6) is 5.75 Å². The fourth-order valence-electron chi connectivity index (χ4n) is 2.69. The van der Waals surface area contributed by atoms with Crippen molar-refractivity contribution in [3.8, 4) is 16.9 Å². The maximum atomic E-state index is 9.66. The summed E-state index contributed by atoms with van der Waals surface area (Å²) < 4.78 is 1.76. The van der Waals surface area contributed by atoms with Crippen molar-refractivity contribution in [3.63, 3.8) is 0 Å². The third-order valence-electron chi connectivity index (χ3n) is 3.92. The number of benzene rings is 1. The highest BCUT2D eigenvalue weighted by Crippen LogP contribution is 2.26. The van der Waals surface area contributed by atoms with Crippen LogP contribution in [-0.4, -0.2) is 31.4 Å². The summed E-state index contributed by atoms with van der Waals surface area (Å²) in [4.78, 5) is 4.73. The lowest BCUT2D eigenvalue weighted by Gasteiger charge is -2.04. The zero-order valence-corrected chi connectivity index (χ0v) is 13.0.